The molecule has 62 valence electrons. The Morgan fingerprint density at radius 1 is 1.42 bits per heavy atom. The van der Waals surface area contributed by atoms with E-state index in [1.807, 2.05) is 6.07 Å². The minimum Gasteiger partial charge on any atom is -0.308 e. The van der Waals surface area contributed by atoms with E-state index in [0.717, 1.165) is 6.21 Å². The van der Waals surface area contributed by atoms with Crippen LogP contribution in [0.25, 0.3) is 0 Å². The second-order valence-corrected chi connectivity index (χ2v) is 3.20. The molecule has 12 heavy (non-hydrogen) atoms. The highest BCUT2D eigenvalue weighted by atomic mass is 19.1. The number of hydrogen-bond donors (Lipinski definition) is 1. The highest BCUT2D eigenvalue weighted by Gasteiger charge is 2.23. The van der Waals surface area contributed by atoms with E-state index >= 15 is 0 Å². The molecule has 0 heterocycles. The smallest absolute Gasteiger partial charge is 0.131 e. The summed E-state index contributed by atoms with van der Waals surface area (Å²) in [7, 11) is 0. The molecule has 0 unspecified atom stereocenters. The molecule has 0 aliphatic heterocycles. The fraction of sp³-hybridized carbons (Fsp3) is 0.300. The van der Waals surface area contributed by atoms with Gasteiger partial charge in [0.05, 0.1) is 0 Å². The first-order chi connectivity index (χ1) is 5.81. The zero-order chi connectivity index (χ0) is 8.55. The lowest BCUT2D eigenvalue weighted by Gasteiger charge is -2.00. The summed E-state index contributed by atoms with van der Waals surface area (Å²) in [6.07, 6.45) is 3.49. The van der Waals surface area contributed by atoms with Gasteiger partial charge in [-0.2, -0.15) is 0 Å². The number of benzene rings is 1. The van der Waals surface area contributed by atoms with Crippen LogP contribution in [0.1, 0.15) is 29.9 Å². The van der Waals surface area contributed by atoms with Crippen LogP contribution in [-0.4, -0.2) is 6.21 Å². The van der Waals surface area contributed by atoms with Crippen LogP contribution >= 0.6 is 0 Å². The third-order valence-corrected chi connectivity index (χ3v) is 2.22. The molecule has 1 N–H and O–H groups in total. The minimum absolute atomic E-state index is 0.297. The van der Waals surface area contributed by atoms with Gasteiger partial charge in [-0.05, 0) is 36.5 Å². The maximum Gasteiger partial charge on any atom is 0.131 e. The fourth-order valence-electron chi connectivity index (χ4n) is 1.34. The Kier molecular flexibility index (Phi) is 1.68. The summed E-state index contributed by atoms with van der Waals surface area (Å²) in [6.45, 7) is 0. The van der Waals surface area contributed by atoms with Gasteiger partial charge >= 0.3 is 0 Å². The molecular weight excluding hydrogens is 153 g/mol. The zero-order valence-corrected chi connectivity index (χ0v) is 6.68. The van der Waals surface area contributed by atoms with E-state index in [9.17, 15) is 4.39 Å². The SMILES string of the molecule is N=Cc1cc(C2CC2)ccc1F. The molecule has 0 aromatic heterocycles. The molecule has 0 radical (unpaired) electrons. The molecule has 0 spiro atoms. The van der Waals surface area contributed by atoms with Crippen LogP contribution < -0.4 is 0 Å². The summed E-state index contributed by atoms with van der Waals surface area (Å²) < 4.78 is 12.9. The van der Waals surface area contributed by atoms with Crippen molar-refractivity contribution in [2.75, 3.05) is 0 Å². The molecule has 0 saturated heterocycles. The van der Waals surface area contributed by atoms with E-state index in [-0.39, 0.29) is 5.82 Å². The lowest BCUT2D eigenvalue weighted by molar-refractivity contribution is 0.625. The standard InChI is InChI=1S/C10H10FN/c11-10-4-3-8(7-1-2-7)5-9(10)6-12/h3-7,12H,1-2H2. The van der Waals surface area contributed by atoms with Gasteiger partial charge in [0.1, 0.15) is 5.82 Å². The summed E-state index contributed by atoms with van der Waals surface area (Å²) >= 11 is 0. The predicted molar refractivity (Wildman–Crippen MR) is 46.3 cm³/mol. The van der Waals surface area contributed by atoms with Gasteiger partial charge in [0.15, 0.2) is 0 Å². The molecule has 1 aromatic rings. The second kappa shape index (κ2) is 2.70. The number of nitrogens with one attached hydrogen (secondary N) is 1. The normalized spacial score (nSPS) is 16.1. The maximum atomic E-state index is 12.9. The summed E-state index contributed by atoms with van der Waals surface area (Å²) in [4.78, 5) is 0. The first-order valence-corrected chi connectivity index (χ1v) is 4.11. The lowest BCUT2D eigenvalue weighted by Crippen LogP contribution is -1.89. The van der Waals surface area contributed by atoms with Crippen molar-refractivity contribution in [1.82, 2.24) is 0 Å². The topological polar surface area (TPSA) is 23.9 Å². The Hall–Kier alpha value is -1.18. The van der Waals surface area contributed by atoms with E-state index in [4.69, 9.17) is 5.41 Å². The summed E-state index contributed by atoms with van der Waals surface area (Å²) in [5.74, 6) is 0.332. The molecule has 2 heteroatoms. The van der Waals surface area contributed by atoms with E-state index in [0.29, 0.717) is 11.5 Å². The van der Waals surface area contributed by atoms with Gasteiger partial charge in [0.25, 0.3) is 0 Å². The number of halogens is 1. The largest absolute Gasteiger partial charge is 0.308 e. The summed E-state index contributed by atoms with van der Waals surface area (Å²) in [6, 6.07) is 5.05. The van der Waals surface area contributed by atoms with E-state index in [1.54, 1.807) is 6.07 Å². The van der Waals surface area contributed by atoms with Crippen molar-refractivity contribution in [3.8, 4) is 0 Å². The van der Waals surface area contributed by atoms with E-state index in [1.165, 1.54) is 24.5 Å². The van der Waals surface area contributed by atoms with Gasteiger partial charge in [0, 0.05) is 11.8 Å². The van der Waals surface area contributed by atoms with Crippen molar-refractivity contribution in [1.29, 1.82) is 5.41 Å². The van der Waals surface area contributed by atoms with Crippen molar-refractivity contribution < 1.29 is 4.39 Å². The lowest BCUT2D eigenvalue weighted by atomic mass is 10.1. The first-order valence-electron chi connectivity index (χ1n) is 4.11. The highest BCUT2D eigenvalue weighted by Crippen LogP contribution is 2.40. The number of hydrogen-bond acceptors (Lipinski definition) is 1. The molecule has 2 rings (SSSR count). The Labute approximate surface area is 70.7 Å². The van der Waals surface area contributed by atoms with Crippen LogP contribution in [0.3, 0.4) is 0 Å². The van der Waals surface area contributed by atoms with Crippen molar-refractivity contribution in [3.63, 3.8) is 0 Å². The zero-order valence-electron chi connectivity index (χ0n) is 6.68. The molecule has 1 fully saturated rings. The maximum absolute atomic E-state index is 12.9. The number of rotatable bonds is 2. The Morgan fingerprint density at radius 2 is 2.17 bits per heavy atom. The Balaban J connectivity index is 2.39. The molecule has 0 bridgehead atoms. The average Bonchev–Trinajstić information content (AvgIpc) is 2.88. The van der Waals surface area contributed by atoms with Crippen LogP contribution in [0, 0.1) is 11.2 Å². The van der Waals surface area contributed by atoms with Crippen LogP contribution in [0.4, 0.5) is 4.39 Å². The molecular formula is C10H10FN. The van der Waals surface area contributed by atoms with Crippen LogP contribution in [-0.2, 0) is 0 Å². The third kappa shape index (κ3) is 1.24. The van der Waals surface area contributed by atoms with Crippen LogP contribution in [0.5, 0.6) is 0 Å². The quantitative estimate of drug-likeness (QED) is 0.648. The fourth-order valence-corrected chi connectivity index (χ4v) is 1.34. The van der Waals surface area contributed by atoms with Gasteiger partial charge in [0.2, 0.25) is 0 Å². The van der Waals surface area contributed by atoms with Crippen molar-refractivity contribution >= 4 is 6.21 Å². The molecule has 1 aliphatic carbocycles. The monoisotopic (exact) mass is 163 g/mol. The molecule has 1 nitrogen and oxygen atoms in total. The van der Waals surface area contributed by atoms with Gasteiger partial charge in [-0.3, -0.25) is 0 Å². The Bertz CT molecular complexity index is 316. The molecule has 0 amide bonds. The van der Waals surface area contributed by atoms with E-state index < -0.39 is 0 Å². The average molecular weight is 163 g/mol. The Morgan fingerprint density at radius 3 is 2.75 bits per heavy atom. The first kappa shape index (κ1) is 7.47. The van der Waals surface area contributed by atoms with Gasteiger partial charge in [-0.25, -0.2) is 4.39 Å². The molecule has 1 saturated carbocycles. The van der Waals surface area contributed by atoms with Crippen LogP contribution in [0.2, 0.25) is 0 Å². The highest BCUT2D eigenvalue weighted by molar-refractivity contribution is 5.77. The van der Waals surface area contributed by atoms with Gasteiger partial charge in [-0.15, -0.1) is 0 Å². The summed E-state index contributed by atoms with van der Waals surface area (Å²) in [5, 5.41) is 6.98. The van der Waals surface area contributed by atoms with Gasteiger partial charge in [-0.1, -0.05) is 6.07 Å². The molecule has 0 atom stereocenters. The van der Waals surface area contributed by atoms with Crippen molar-refractivity contribution in [2.45, 2.75) is 18.8 Å². The third-order valence-electron chi connectivity index (χ3n) is 2.22. The molecule has 1 aliphatic rings. The molecule has 1 aromatic carbocycles. The van der Waals surface area contributed by atoms with Crippen molar-refractivity contribution in [2.24, 2.45) is 0 Å². The van der Waals surface area contributed by atoms with E-state index in [2.05, 4.69) is 0 Å². The minimum atomic E-state index is -0.297. The van der Waals surface area contributed by atoms with Gasteiger partial charge < -0.3 is 5.41 Å². The summed E-state index contributed by atoms with van der Waals surface area (Å²) in [5.41, 5.74) is 1.58. The second-order valence-electron chi connectivity index (χ2n) is 3.20. The van der Waals surface area contributed by atoms with Crippen molar-refractivity contribution in [3.05, 3.63) is 35.1 Å². The van der Waals surface area contributed by atoms with Crippen LogP contribution in [0.15, 0.2) is 18.2 Å². The predicted octanol–water partition coefficient (Wildman–Crippen LogP) is 2.70.